The van der Waals surface area contributed by atoms with Gasteiger partial charge in [-0.25, -0.2) is 5.43 Å². The zero-order valence-corrected chi connectivity index (χ0v) is 8.65. The summed E-state index contributed by atoms with van der Waals surface area (Å²) >= 11 is 0. The van der Waals surface area contributed by atoms with Gasteiger partial charge in [-0.2, -0.15) is 5.26 Å². The normalized spacial score (nSPS) is 16.7. The highest BCUT2D eigenvalue weighted by atomic mass is 15.4. The van der Waals surface area contributed by atoms with E-state index in [1.165, 1.54) is 0 Å². The van der Waals surface area contributed by atoms with Gasteiger partial charge in [0.2, 0.25) is 0 Å². The number of nitriles is 1. The fourth-order valence-corrected chi connectivity index (χ4v) is 0.521. The molecule has 3 nitrogen and oxygen atoms in total. The van der Waals surface area contributed by atoms with Crippen LogP contribution in [0.15, 0.2) is 0 Å². The fourth-order valence-electron chi connectivity index (χ4n) is 0.521. The molecule has 0 bridgehead atoms. The average molecular weight is 169 g/mol. The molecular weight excluding hydrogens is 150 g/mol. The van der Waals surface area contributed by atoms with Gasteiger partial charge in [-0.05, 0) is 34.1 Å². The molecule has 0 aromatic heterocycles. The van der Waals surface area contributed by atoms with Gasteiger partial charge in [-0.3, -0.25) is 5.43 Å². The van der Waals surface area contributed by atoms with Crippen molar-refractivity contribution in [2.24, 2.45) is 0 Å². The third kappa shape index (κ3) is 4.32. The van der Waals surface area contributed by atoms with Gasteiger partial charge in [0.25, 0.3) is 0 Å². The summed E-state index contributed by atoms with van der Waals surface area (Å²) in [6.07, 6.45) is 0.784. The van der Waals surface area contributed by atoms with Crippen LogP contribution in [0.3, 0.4) is 0 Å². The molecule has 0 spiro atoms. The van der Waals surface area contributed by atoms with Crippen molar-refractivity contribution in [1.82, 2.24) is 10.9 Å². The Hall–Kier alpha value is -0.590. The second-order valence-corrected chi connectivity index (χ2v) is 4.30. The monoisotopic (exact) mass is 169 g/mol. The summed E-state index contributed by atoms with van der Waals surface area (Å²) in [5, 5.41) is 8.83. The van der Waals surface area contributed by atoms with Gasteiger partial charge in [-0.1, -0.05) is 6.92 Å². The summed E-state index contributed by atoms with van der Waals surface area (Å²) < 4.78 is 0. The van der Waals surface area contributed by atoms with Crippen molar-refractivity contribution in [1.29, 1.82) is 5.26 Å². The van der Waals surface area contributed by atoms with Crippen LogP contribution >= 0.6 is 0 Å². The van der Waals surface area contributed by atoms with Crippen molar-refractivity contribution in [2.75, 3.05) is 0 Å². The summed E-state index contributed by atoms with van der Waals surface area (Å²) in [5.41, 5.74) is 5.64. The molecule has 0 fully saturated rings. The van der Waals surface area contributed by atoms with Crippen LogP contribution in [-0.4, -0.2) is 11.1 Å². The predicted octanol–water partition coefficient (Wildman–Crippen LogP) is 1.57. The van der Waals surface area contributed by atoms with E-state index in [0.717, 1.165) is 6.42 Å². The molecule has 0 aliphatic heterocycles. The molecule has 0 aliphatic carbocycles. The van der Waals surface area contributed by atoms with Crippen LogP contribution in [0.25, 0.3) is 0 Å². The first kappa shape index (κ1) is 11.4. The van der Waals surface area contributed by atoms with Crippen LogP contribution in [0, 0.1) is 11.3 Å². The first-order valence-electron chi connectivity index (χ1n) is 4.28. The van der Waals surface area contributed by atoms with E-state index in [2.05, 4.69) is 16.9 Å². The number of hydrogen-bond donors (Lipinski definition) is 2. The summed E-state index contributed by atoms with van der Waals surface area (Å²) in [6, 6.07) is 2.23. The second kappa shape index (κ2) is 3.88. The van der Waals surface area contributed by atoms with E-state index >= 15 is 0 Å². The van der Waals surface area contributed by atoms with Crippen LogP contribution in [0.4, 0.5) is 0 Å². The van der Waals surface area contributed by atoms with Crippen molar-refractivity contribution >= 4 is 0 Å². The van der Waals surface area contributed by atoms with Gasteiger partial charge in [0.05, 0.1) is 6.07 Å². The average Bonchev–Trinajstić information content (AvgIpc) is 1.99. The van der Waals surface area contributed by atoms with Crippen LogP contribution in [-0.2, 0) is 0 Å². The Morgan fingerprint density at radius 2 is 1.67 bits per heavy atom. The number of nitrogens with zero attached hydrogens (tertiary/aromatic N) is 1. The van der Waals surface area contributed by atoms with E-state index in [4.69, 9.17) is 5.26 Å². The maximum Gasteiger partial charge on any atom is 0.115 e. The Morgan fingerprint density at radius 3 is 1.92 bits per heavy atom. The van der Waals surface area contributed by atoms with Crippen LogP contribution in [0.2, 0.25) is 0 Å². The van der Waals surface area contributed by atoms with Gasteiger partial charge >= 0.3 is 0 Å². The van der Waals surface area contributed by atoms with Gasteiger partial charge in [0, 0.05) is 5.54 Å². The summed E-state index contributed by atoms with van der Waals surface area (Å²) in [7, 11) is 0. The molecule has 0 rings (SSSR count). The third-order valence-electron chi connectivity index (χ3n) is 1.67. The second-order valence-electron chi connectivity index (χ2n) is 4.30. The molecule has 3 heteroatoms. The lowest BCUT2D eigenvalue weighted by molar-refractivity contribution is 0.282. The Balaban J connectivity index is 4.01. The van der Waals surface area contributed by atoms with Crippen molar-refractivity contribution in [3.8, 4) is 6.07 Å². The molecule has 0 heterocycles. The topological polar surface area (TPSA) is 47.9 Å². The molecule has 0 saturated heterocycles. The molecule has 2 N–H and O–H groups in total. The van der Waals surface area contributed by atoms with Crippen molar-refractivity contribution in [3.63, 3.8) is 0 Å². The highest BCUT2D eigenvalue weighted by Crippen LogP contribution is 2.07. The quantitative estimate of drug-likeness (QED) is 0.630. The number of rotatable bonds is 3. The molecule has 0 radical (unpaired) electrons. The molecular formula is C9H19N3. The van der Waals surface area contributed by atoms with Crippen molar-refractivity contribution < 1.29 is 0 Å². The molecule has 70 valence electrons. The van der Waals surface area contributed by atoms with Crippen molar-refractivity contribution in [3.05, 3.63) is 0 Å². The summed E-state index contributed by atoms with van der Waals surface area (Å²) in [5.74, 6) is 0. The summed E-state index contributed by atoms with van der Waals surface area (Å²) in [4.78, 5) is 0. The maximum atomic E-state index is 8.83. The molecule has 12 heavy (non-hydrogen) atoms. The highest BCUT2D eigenvalue weighted by Gasteiger charge is 2.22. The minimum Gasteiger partial charge on any atom is -0.251 e. The highest BCUT2D eigenvalue weighted by molar-refractivity contribution is 5.02. The standard InChI is InChI=1S/C9H19N3/c1-6-9(5,7-10)12-11-8(2,3)4/h11-12H,6H2,1-5H3. The lowest BCUT2D eigenvalue weighted by Gasteiger charge is -2.28. The first-order chi connectivity index (χ1) is 5.33. The van der Waals surface area contributed by atoms with E-state index in [0.29, 0.717) is 0 Å². The van der Waals surface area contributed by atoms with Gasteiger partial charge in [0.1, 0.15) is 5.54 Å². The lowest BCUT2D eigenvalue weighted by Crippen LogP contribution is -2.55. The van der Waals surface area contributed by atoms with Crippen molar-refractivity contribution in [2.45, 2.75) is 52.1 Å². The summed E-state index contributed by atoms with van der Waals surface area (Å²) in [6.45, 7) is 10.0. The van der Waals surface area contributed by atoms with E-state index in [-0.39, 0.29) is 5.54 Å². The van der Waals surface area contributed by atoms with E-state index in [1.807, 2.05) is 34.6 Å². The Morgan fingerprint density at radius 1 is 1.17 bits per heavy atom. The van der Waals surface area contributed by atoms with Crippen LogP contribution in [0.5, 0.6) is 0 Å². The largest absolute Gasteiger partial charge is 0.251 e. The van der Waals surface area contributed by atoms with Crippen LogP contribution in [0.1, 0.15) is 41.0 Å². The lowest BCUT2D eigenvalue weighted by atomic mass is 10.0. The van der Waals surface area contributed by atoms with Gasteiger partial charge in [-0.15, -0.1) is 0 Å². The Labute approximate surface area is 75.1 Å². The fraction of sp³-hybridized carbons (Fsp3) is 0.889. The zero-order valence-electron chi connectivity index (χ0n) is 8.65. The van der Waals surface area contributed by atoms with Crippen LogP contribution < -0.4 is 10.9 Å². The minimum atomic E-state index is -0.465. The van der Waals surface area contributed by atoms with Gasteiger partial charge < -0.3 is 0 Å². The SMILES string of the molecule is CCC(C)(C#N)NNC(C)(C)C. The Kier molecular flexibility index (Phi) is 3.69. The molecule has 1 unspecified atom stereocenters. The number of nitrogens with one attached hydrogen (secondary N) is 2. The zero-order chi connectivity index (χ0) is 9.83. The predicted molar refractivity (Wildman–Crippen MR) is 50.3 cm³/mol. The third-order valence-corrected chi connectivity index (χ3v) is 1.67. The van der Waals surface area contributed by atoms with E-state index < -0.39 is 5.54 Å². The Bertz CT molecular complexity index is 175. The first-order valence-corrected chi connectivity index (χ1v) is 4.28. The van der Waals surface area contributed by atoms with E-state index in [9.17, 15) is 0 Å². The van der Waals surface area contributed by atoms with E-state index in [1.54, 1.807) is 0 Å². The molecule has 0 aromatic rings. The molecule has 0 aromatic carbocycles. The molecule has 1 atom stereocenters. The number of hydrogen-bond acceptors (Lipinski definition) is 3. The molecule has 0 saturated carbocycles. The maximum absolute atomic E-state index is 8.83. The molecule has 0 aliphatic rings. The smallest absolute Gasteiger partial charge is 0.115 e. The molecule has 0 amide bonds. The minimum absolute atomic E-state index is 0.00667. The van der Waals surface area contributed by atoms with Gasteiger partial charge in [0.15, 0.2) is 0 Å². The number of hydrazine groups is 1.